The lowest BCUT2D eigenvalue weighted by molar-refractivity contribution is -0.139. The first-order valence-corrected chi connectivity index (χ1v) is 6.47. The summed E-state index contributed by atoms with van der Waals surface area (Å²) in [5.74, 6) is -1.41. The number of rotatable bonds is 5. The molecule has 1 amide bonds. The van der Waals surface area contributed by atoms with Crippen molar-refractivity contribution in [3.63, 3.8) is 0 Å². The molecule has 1 heterocycles. The Bertz CT molecular complexity index is 648. The lowest BCUT2D eigenvalue weighted by atomic mass is 10.1. The average Bonchev–Trinajstić information content (AvgIpc) is 2.79. The van der Waals surface area contributed by atoms with Gasteiger partial charge in [0, 0.05) is 12.6 Å². The van der Waals surface area contributed by atoms with Gasteiger partial charge in [-0.1, -0.05) is 13.3 Å². The van der Waals surface area contributed by atoms with Gasteiger partial charge in [-0.25, -0.2) is 9.78 Å². The number of carbonyl (C=O) groups excluding carboxylic acids is 1. The van der Waals surface area contributed by atoms with Crippen molar-refractivity contribution in [1.82, 2.24) is 14.9 Å². The number of nitrogens with zero attached hydrogens (tertiary/aromatic N) is 2. The average molecular weight is 275 g/mol. The first-order valence-electron chi connectivity index (χ1n) is 6.47. The summed E-state index contributed by atoms with van der Waals surface area (Å²) in [4.78, 5) is 27.3. The minimum Gasteiger partial charge on any atom is -0.480 e. The van der Waals surface area contributed by atoms with Gasteiger partial charge in [-0.2, -0.15) is 0 Å². The maximum atomic E-state index is 12.1. The highest BCUT2D eigenvalue weighted by Crippen LogP contribution is 2.14. The van der Waals surface area contributed by atoms with Crippen molar-refractivity contribution in [1.29, 1.82) is 0 Å². The van der Waals surface area contributed by atoms with Crippen LogP contribution >= 0.6 is 0 Å². The first kappa shape index (κ1) is 14.0. The molecule has 0 aliphatic rings. The van der Waals surface area contributed by atoms with Crippen molar-refractivity contribution in [2.45, 2.75) is 25.8 Å². The molecular weight excluding hydrogens is 258 g/mol. The van der Waals surface area contributed by atoms with Gasteiger partial charge in [-0.3, -0.25) is 4.79 Å². The molecule has 2 N–H and O–H groups in total. The van der Waals surface area contributed by atoms with Gasteiger partial charge in [0.25, 0.3) is 5.91 Å². The largest absolute Gasteiger partial charge is 0.480 e. The Morgan fingerprint density at radius 1 is 1.45 bits per heavy atom. The van der Waals surface area contributed by atoms with Gasteiger partial charge < -0.3 is 15.0 Å². The zero-order valence-electron chi connectivity index (χ0n) is 11.5. The van der Waals surface area contributed by atoms with E-state index >= 15 is 0 Å². The van der Waals surface area contributed by atoms with Crippen LogP contribution in [0.3, 0.4) is 0 Å². The molecule has 0 saturated carbocycles. The summed E-state index contributed by atoms with van der Waals surface area (Å²) < 4.78 is 1.86. The molecule has 1 unspecified atom stereocenters. The minimum absolute atomic E-state index is 0.390. The molecule has 1 aromatic carbocycles. The Balaban J connectivity index is 2.20. The number of carboxylic acids is 1. The van der Waals surface area contributed by atoms with Gasteiger partial charge in [0.15, 0.2) is 0 Å². The third-order valence-electron chi connectivity index (χ3n) is 3.17. The number of aromatic nitrogens is 2. The monoisotopic (exact) mass is 275 g/mol. The number of hydrogen-bond acceptors (Lipinski definition) is 3. The summed E-state index contributed by atoms with van der Waals surface area (Å²) in [6.45, 7) is 1.88. The Kier molecular flexibility index (Phi) is 4.02. The van der Waals surface area contributed by atoms with Crippen molar-refractivity contribution in [2.24, 2.45) is 7.05 Å². The van der Waals surface area contributed by atoms with Crippen LogP contribution in [0, 0.1) is 0 Å². The van der Waals surface area contributed by atoms with Gasteiger partial charge in [0.2, 0.25) is 0 Å². The van der Waals surface area contributed by atoms with Crippen LogP contribution in [-0.4, -0.2) is 32.6 Å². The van der Waals surface area contributed by atoms with E-state index in [4.69, 9.17) is 5.11 Å². The molecule has 0 spiro atoms. The van der Waals surface area contributed by atoms with Crippen LogP contribution in [-0.2, 0) is 11.8 Å². The fourth-order valence-corrected chi connectivity index (χ4v) is 2.06. The Hall–Kier alpha value is -2.37. The minimum atomic E-state index is -1.01. The topological polar surface area (TPSA) is 84.2 Å². The lowest BCUT2D eigenvalue weighted by Crippen LogP contribution is -2.40. The highest BCUT2D eigenvalue weighted by atomic mass is 16.4. The van der Waals surface area contributed by atoms with Crippen LogP contribution in [0.1, 0.15) is 30.1 Å². The van der Waals surface area contributed by atoms with Crippen molar-refractivity contribution in [2.75, 3.05) is 0 Å². The summed E-state index contributed by atoms with van der Waals surface area (Å²) in [5, 5.41) is 11.6. The second-order valence-electron chi connectivity index (χ2n) is 4.71. The van der Waals surface area contributed by atoms with Gasteiger partial charge in [-0.05, 0) is 24.6 Å². The molecule has 2 rings (SSSR count). The quantitative estimate of drug-likeness (QED) is 0.867. The van der Waals surface area contributed by atoms with Crippen LogP contribution in [0.4, 0.5) is 0 Å². The van der Waals surface area contributed by atoms with Gasteiger partial charge in [-0.15, -0.1) is 0 Å². The molecule has 1 aromatic heterocycles. The number of hydrogen-bond donors (Lipinski definition) is 2. The number of carboxylic acid groups (broad SMARTS) is 1. The van der Waals surface area contributed by atoms with E-state index in [1.807, 2.05) is 18.5 Å². The number of imidazole rings is 1. The molecule has 6 nitrogen and oxygen atoms in total. The molecule has 0 bridgehead atoms. The highest BCUT2D eigenvalue weighted by molar-refractivity contribution is 5.99. The summed E-state index contributed by atoms with van der Waals surface area (Å²) in [6.07, 6.45) is 2.77. The van der Waals surface area contributed by atoms with E-state index in [0.717, 1.165) is 5.52 Å². The third kappa shape index (κ3) is 2.79. The highest BCUT2D eigenvalue weighted by Gasteiger charge is 2.19. The Morgan fingerprint density at radius 2 is 2.20 bits per heavy atom. The van der Waals surface area contributed by atoms with E-state index in [9.17, 15) is 9.59 Å². The fourth-order valence-electron chi connectivity index (χ4n) is 2.06. The van der Waals surface area contributed by atoms with Crippen molar-refractivity contribution < 1.29 is 14.7 Å². The van der Waals surface area contributed by atoms with Crippen molar-refractivity contribution >= 4 is 22.9 Å². The van der Waals surface area contributed by atoms with Crippen LogP contribution in [0.25, 0.3) is 11.0 Å². The molecule has 0 aliphatic carbocycles. The first-order chi connectivity index (χ1) is 9.52. The molecule has 106 valence electrons. The van der Waals surface area contributed by atoms with Crippen molar-refractivity contribution in [3.8, 4) is 0 Å². The number of amides is 1. The second kappa shape index (κ2) is 5.73. The number of aryl methyl sites for hydroxylation is 1. The molecule has 2 aromatic rings. The summed E-state index contributed by atoms with van der Waals surface area (Å²) >= 11 is 0. The number of benzene rings is 1. The zero-order chi connectivity index (χ0) is 14.7. The van der Waals surface area contributed by atoms with Crippen LogP contribution < -0.4 is 5.32 Å². The molecule has 20 heavy (non-hydrogen) atoms. The maximum Gasteiger partial charge on any atom is 0.326 e. The van der Waals surface area contributed by atoms with E-state index < -0.39 is 17.9 Å². The Labute approximate surface area is 116 Å². The van der Waals surface area contributed by atoms with Gasteiger partial charge >= 0.3 is 5.97 Å². The second-order valence-corrected chi connectivity index (χ2v) is 4.71. The summed E-state index contributed by atoms with van der Waals surface area (Å²) in [5.41, 5.74) is 2.05. The van der Waals surface area contributed by atoms with Crippen molar-refractivity contribution in [3.05, 3.63) is 30.1 Å². The molecule has 0 fully saturated rings. The lowest BCUT2D eigenvalue weighted by Gasteiger charge is -2.13. The standard InChI is InChI=1S/C14H17N3O3/c1-3-4-10(14(19)20)16-13(18)9-5-6-12-11(7-9)15-8-17(12)2/h5-8,10H,3-4H2,1-2H3,(H,16,18)(H,19,20). The van der Waals surface area contributed by atoms with E-state index in [1.54, 1.807) is 24.5 Å². The molecule has 0 saturated heterocycles. The number of nitrogens with one attached hydrogen (secondary N) is 1. The normalized spacial score (nSPS) is 12.3. The van der Waals surface area contributed by atoms with Crippen LogP contribution in [0.5, 0.6) is 0 Å². The van der Waals surface area contributed by atoms with Gasteiger partial charge in [0.05, 0.1) is 17.4 Å². The van der Waals surface area contributed by atoms with E-state index in [1.165, 1.54) is 0 Å². The smallest absolute Gasteiger partial charge is 0.326 e. The molecule has 6 heteroatoms. The van der Waals surface area contributed by atoms with E-state index in [0.29, 0.717) is 23.9 Å². The van der Waals surface area contributed by atoms with Crippen LogP contribution in [0.15, 0.2) is 24.5 Å². The third-order valence-corrected chi connectivity index (χ3v) is 3.17. The fraction of sp³-hybridized carbons (Fsp3) is 0.357. The van der Waals surface area contributed by atoms with Crippen LogP contribution in [0.2, 0.25) is 0 Å². The SMILES string of the molecule is CCCC(NC(=O)c1ccc2c(c1)ncn2C)C(=O)O. The number of fused-ring (bicyclic) bond motifs is 1. The van der Waals surface area contributed by atoms with E-state index in [2.05, 4.69) is 10.3 Å². The predicted octanol–water partition coefficient (Wildman–Crippen LogP) is 1.56. The predicted molar refractivity (Wildman–Crippen MR) is 74.5 cm³/mol. The zero-order valence-corrected chi connectivity index (χ0v) is 11.5. The summed E-state index contributed by atoms with van der Waals surface area (Å²) in [7, 11) is 1.87. The number of aliphatic carboxylic acids is 1. The maximum absolute atomic E-state index is 12.1. The molecule has 0 aliphatic heterocycles. The summed E-state index contributed by atoms with van der Waals surface area (Å²) in [6, 6.07) is 4.28. The molecule has 0 radical (unpaired) electrons. The molecule has 1 atom stereocenters. The number of carbonyl (C=O) groups is 2. The van der Waals surface area contributed by atoms with Gasteiger partial charge in [0.1, 0.15) is 6.04 Å². The van der Waals surface area contributed by atoms with E-state index in [-0.39, 0.29) is 0 Å². The molecular formula is C14H17N3O3. The Morgan fingerprint density at radius 3 is 2.85 bits per heavy atom.